The second-order valence-corrected chi connectivity index (χ2v) is 11.1. The van der Waals surface area contributed by atoms with Gasteiger partial charge in [-0.05, 0) is 62.4 Å². The zero-order chi connectivity index (χ0) is 27.5. The number of rotatable bonds is 6. The van der Waals surface area contributed by atoms with Gasteiger partial charge in [-0.2, -0.15) is 5.10 Å². The Bertz CT molecular complexity index is 1690. The number of hydrogen-bond acceptors (Lipinski definition) is 2. The first-order valence-electron chi connectivity index (χ1n) is 13.7. The Labute approximate surface area is 228 Å². The molecular weight excluding hydrogens is 490 g/mol. The van der Waals surface area contributed by atoms with E-state index < -0.39 is 17.2 Å². The topological polar surface area (TPSA) is 36.9 Å². The normalized spacial score (nSPS) is 14.8. The third-order valence-electron chi connectivity index (χ3n) is 8.44. The fourth-order valence-corrected chi connectivity index (χ4v) is 6.17. The van der Waals surface area contributed by atoms with Crippen molar-refractivity contribution in [3.05, 3.63) is 106 Å². The maximum Gasteiger partial charge on any atom is 0.130 e. The van der Waals surface area contributed by atoms with Crippen molar-refractivity contribution in [2.24, 2.45) is 0 Å². The summed E-state index contributed by atoms with van der Waals surface area (Å²) in [5.74, 6) is -1.08. The molecule has 6 rings (SSSR count). The van der Waals surface area contributed by atoms with E-state index in [0.29, 0.717) is 18.7 Å². The fourth-order valence-electron chi connectivity index (χ4n) is 6.17. The van der Waals surface area contributed by atoms with Crippen LogP contribution in [0.5, 0.6) is 0 Å². The molecule has 0 radical (unpaired) electrons. The molecule has 0 unspecified atom stereocenters. The number of aromatic nitrogens is 3. The maximum absolute atomic E-state index is 14.7. The van der Waals surface area contributed by atoms with Crippen molar-refractivity contribution in [2.45, 2.75) is 66.1 Å². The van der Waals surface area contributed by atoms with Crippen molar-refractivity contribution in [1.29, 1.82) is 0 Å². The first-order chi connectivity index (χ1) is 18.7. The van der Waals surface area contributed by atoms with Gasteiger partial charge in [0.25, 0.3) is 0 Å². The third kappa shape index (κ3) is 4.00. The van der Waals surface area contributed by atoms with Crippen LogP contribution < -0.4 is 0 Å². The van der Waals surface area contributed by atoms with Gasteiger partial charge in [0.15, 0.2) is 0 Å². The van der Waals surface area contributed by atoms with Crippen molar-refractivity contribution in [3.8, 4) is 16.9 Å². The van der Waals surface area contributed by atoms with Gasteiger partial charge in [-0.1, -0.05) is 50.2 Å². The summed E-state index contributed by atoms with van der Waals surface area (Å²) in [5, 5.41) is 6.52. The summed E-state index contributed by atoms with van der Waals surface area (Å²) < 4.78 is 30.5. The Hall–Kier alpha value is -3.77. The van der Waals surface area contributed by atoms with E-state index in [4.69, 9.17) is 5.10 Å². The molecule has 4 nitrogen and oxygen atoms in total. The van der Waals surface area contributed by atoms with E-state index in [1.807, 2.05) is 6.20 Å². The van der Waals surface area contributed by atoms with Crippen LogP contribution in [0.2, 0.25) is 0 Å². The minimum atomic E-state index is -0.560. The van der Waals surface area contributed by atoms with Crippen LogP contribution >= 0.6 is 0 Å². The lowest BCUT2D eigenvalue weighted by atomic mass is 9.96. The van der Waals surface area contributed by atoms with Crippen LogP contribution in [0.3, 0.4) is 0 Å². The molecule has 0 bridgehead atoms. The van der Waals surface area contributed by atoms with Crippen LogP contribution in [0.1, 0.15) is 61.2 Å². The van der Waals surface area contributed by atoms with Crippen LogP contribution in [0.15, 0.2) is 60.8 Å². The Balaban J connectivity index is 1.59. The zero-order valence-electron chi connectivity index (χ0n) is 23.2. The highest BCUT2D eigenvalue weighted by Crippen LogP contribution is 2.46. The SMILES string of the molecule is CCc1cccc(CC)c1-n1nc2c(c1-c1ccc(C)c3[nH]ccc13)CN(Cc1ccc(F)cc1F)C2(C)C. The average molecular weight is 525 g/mol. The molecule has 3 heterocycles. The van der Waals surface area contributed by atoms with E-state index in [-0.39, 0.29) is 0 Å². The van der Waals surface area contributed by atoms with Gasteiger partial charge >= 0.3 is 0 Å². The molecule has 1 aliphatic rings. The quantitative estimate of drug-likeness (QED) is 0.244. The molecule has 0 saturated carbocycles. The number of H-pyrrole nitrogens is 1. The van der Waals surface area contributed by atoms with Gasteiger partial charge in [-0.3, -0.25) is 4.90 Å². The summed E-state index contributed by atoms with van der Waals surface area (Å²) in [4.78, 5) is 5.66. The number of nitrogens with one attached hydrogen (secondary N) is 1. The molecule has 0 fully saturated rings. The van der Waals surface area contributed by atoms with Crippen molar-refractivity contribution < 1.29 is 8.78 Å². The number of hydrogen-bond donors (Lipinski definition) is 1. The summed E-state index contributed by atoms with van der Waals surface area (Å²) >= 11 is 0. The van der Waals surface area contributed by atoms with Crippen LogP contribution in [0.4, 0.5) is 8.78 Å². The lowest BCUT2D eigenvalue weighted by Gasteiger charge is -2.32. The maximum atomic E-state index is 14.7. The molecule has 0 spiro atoms. The number of halogens is 2. The van der Waals surface area contributed by atoms with Crippen LogP contribution in [0, 0.1) is 18.6 Å². The number of aryl methyl sites for hydroxylation is 3. The molecule has 1 aliphatic heterocycles. The van der Waals surface area contributed by atoms with E-state index in [2.05, 4.69) is 85.6 Å². The summed E-state index contributed by atoms with van der Waals surface area (Å²) in [7, 11) is 0. The van der Waals surface area contributed by atoms with E-state index in [1.165, 1.54) is 22.8 Å². The molecule has 3 aromatic carbocycles. The smallest absolute Gasteiger partial charge is 0.130 e. The molecule has 6 heteroatoms. The third-order valence-corrected chi connectivity index (χ3v) is 8.44. The molecule has 0 amide bonds. The largest absolute Gasteiger partial charge is 0.361 e. The van der Waals surface area contributed by atoms with Gasteiger partial charge in [0, 0.05) is 52.9 Å². The number of aromatic amines is 1. The number of para-hydroxylation sites is 1. The van der Waals surface area contributed by atoms with Gasteiger partial charge in [0.2, 0.25) is 0 Å². The standard InChI is InChI=1S/C33H34F2N4/c1-6-21-9-8-10-22(7-2)30(21)39-31(26-14-11-20(3)29-25(26)15-16-36-29)27-19-38(33(4,5)32(27)37-39)18-23-12-13-24(34)17-28(23)35/h8-17,36H,6-7,18-19H2,1-5H3. The summed E-state index contributed by atoms with van der Waals surface area (Å²) in [5.41, 5.74) is 10.4. The molecule has 0 saturated heterocycles. The van der Waals surface area contributed by atoms with Crippen molar-refractivity contribution in [2.75, 3.05) is 0 Å². The van der Waals surface area contributed by atoms with Gasteiger partial charge < -0.3 is 4.98 Å². The fraction of sp³-hybridized carbons (Fsp3) is 0.303. The van der Waals surface area contributed by atoms with E-state index in [9.17, 15) is 8.78 Å². The van der Waals surface area contributed by atoms with Crippen molar-refractivity contribution in [3.63, 3.8) is 0 Å². The Morgan fingerprint density at radius 1 is 0.949 bits per heavy atom. The van der Waals surface area contributed by atoms with Gasteiger partial charge in [0.05, 0.1) is 22.6 Å². The second-order valence-electron chi connectivity index (χ2n) is 11.1. The lowest BCUT2D eigenvalue weighted by Crippen LogP contribution is -2.36. The van der Waals surface area contributed by atoms with Crippen LogP contribution in [0.25, 0.3) is 27.8 Å². The minimum Gasteiger partial charge on any atom is -0.361 e. The first-order valence-corrected chi connectivity index (χ1v) is 13.7. The predicted molar refractivity (Wildman–Crippen MR) is 153 cm³/mol. The molecule has 0 aliphatic carbocycles. The minimum absolute atomic E-state index is 0.369. The number of benzene rings is 3. The highest BCUT2D eigenvalue weighted by Gasteiger charge is 2.43. The molecular formula is C33H34F2N4. The summed E-state index contributed by atoms with van der Waals surface area (Å²) in [6.45, 7) is 11.8. The van der Waals surface area contributed by atoms with Crippen molar-refractivity contribution >= 4 is 10.9 Å². The van der Waals surface area contributed by atoms with E-state index in [0.717, 1.165) is 58.0 Å². The highest BCUT2D eigenvalue weighted by atomic mass is 19.1. The molecule has 5 aromatic rings. The first kappa shape index (κ1) is 25.5. The highest BCUT2D eigenvalue weighted by molar-refractivity contribution is 5.97. The lowest BCUT2D eigenvalue weighted by molar-refractivity contribution is 0.121. The molecule has 200 valence electrons. The van der Waals surface area contributed by atoms with Gasteiger partial charge in [-0.15, -0.1) is 0 Å². The molecule has 2 aromatic heterocycles. The molecule has 1 N–H and O–H groups in total. The number of fused-ring (bicyclic) bond motifs is 2. The molecule has 39 heavy (non-hydrogen) atoms. The summed E-state index contributed by atoms with van der Waals surface area (Å²) in [6, 6.07) is 16.9. The van der Waals surface area contributed by atoms with E-state index >= 15 is 0 Å². The van der Waals surface area contributed by atoms with Gasteiger partial charge in [-0.25, -0.2) is 13.5 Å². The zero-order valence-corrected chi connectivity index (χ0v) is 23.2. The number of nitrogens with zero attached hydrogens (tertiary/aromatic N) is 3. The Morgan fingerprint density at radius 3 is 2.38 bits per heavy atom. The van der Waals surface area contributed by atoms with Crippen LogP contribution in [-0.2, 0) is 31.5 Å². The van der Waals surface area contributed by atoms with Gasteiger partial charge in [0.1, 0.15) is 11.6 Å². The Morgan fingerprint density at radius 2 is 1.69 bits per heavy atom. The second kappa shape index (κ2) is 9.45. The summed E-state index contributed by atoms with van der Waals surface area (Å²) in [6.07, 6.45) is 3.80. The van der Waals surface area contributed by atoms with E-state index in [1.54, 1.807) is 6.07 Å². The predicted octanol–water partition coefficient (Wildman–Crippen LogP) is 7.98. The van der Waals surface area contributed by atoms with Crippen molar-refractivity contribution in [1.82, 2.24) is 19.7 Å². The Kier molecular flexibility index (Phi) is 6.18. The molecule has 0 atom stereocenters. The average Bonchev–Trinajstić information content (AvgIpc) is 3.61. The monoisotopic (exact) mass is 524 g/mol. The van der Waals surface area contributed by atoms with Crippen LogP contribution in [-0.4, -0.2) is 19.7 Å².